The average molecular weight is 312 g/mol. The van der Waals surface area contributed by atoms with E-state index in [2.05, 4.69) is 4.98 Å². The number of hydrogen-bond acceptors (Lipinski definition) is 4. The van der Waals surface area contributed by atoms with Crippen molar-refractivity contribution in [2.45, 2.75) is 25.8 Å². The molecule has 4 rings (SSSR count). The number of nitrogens with zero attached hydrogens (tertiary/aromatic N) is 2. The van der Waals surface area contributed by atoms with Crippen LogP contribution in [0.4, 0.5) is 0 Å². The highest BCUT2D eigenvalue weighted by atomic mass is 32.1. The number of fused-ring (bicyclic) bond motifs is 1. The molecule has 2 aromatic heterocycles. The second-order valence-electron chi connectivity index (χ2n) is 5.64. The van der Waals surface area contributed by atoms with Gasteiger partial charge in [-0.2, -0.15) is 0 Å². The number of carbonyl (C=O) groups excluding carboxylic acids is 1. The minimum absolute atomic E-state index is 0.0819. The average Bonchev–Trinajstić information content (AvgIpc) is 3.24. The summed E-state index contributed by atoms with van der Waals surface area (Å²) >= 11 is 1.62. The fourth-order valence-electron chi connectivity index (χ4n) is 3.14. The van der Waals surface area contributed by atoms with E-state index < -0.39 is 0 Å². The number of furan rings is 1. The molecule has 1 aromatic carbocycles. The summed E-state index contributed by atoms with van der Waals surface area (Å²) < 4.78 is 5.57. The largest absolute Gasteiger partial charge is 0.461 e. The van der Waals surface area contributed by atoms with E-state index in [9.17, 15) is 4.79 Å². The van der Waals surface area contributed by atoms with E-state index in [0.717, 1.165) is 46.7 Å². The van der Waals surface area contributed by atoms with Crippen LogP contribution in [0, 0.1) is 6.92 Å². The number of rotatable bonds is 2. The minimum atomic E-state index is 0.0819. The van der Waals surface area contributed by atoms with Crippen LogP contribution in [0.2, 0.25) is 0 Å². The van der Waals surface area contributed by atoms with Crippen molar-refractivity contribution in [2.75, 3.05) is 6.54 Å². The topological polar surface area (TPSA) is 46.3 Å². The molecule has 4 nitrogen and oxygen atoms in total. The molecule has 1 saturated heterocycles. The number of amides is 1. The summed E-state index contributed by atoms with van der Waals surface area (Å²) in [7, 11) is 0. The lowest BCUT2D eigenvalue weighted by Gasteiger charge is -2.23. The van der Waals surface area contributed by atoms with Crippen LogP contribution in [-0.4, -0.2) is 22.3 Å². The molecule has 5 heteroatoms. The number of benzene rings is 1. The van der Waals surface area contributed by atoms with E-state index in [1.807, 2.05) is 41.5 Å². The van der Waals surface area contributed by atoms with Gasteiger partial charge in [-0.3, -0.25) is 4.79 Å². The van der Waals surface area contributed by atoms with Crippen LogP contribution in [0.15, 0.2) is 40.3 Å². The fourth-order valence-corrected chi connectivity index (χ4v) is 3.93. The van der Waals surface area contributed by atoms with Gasteiger partial charge in [-0.05, 0) is 44.0 Å². The number of carbonyl (C=O) groups is 1. The molecule has 0 spiro atoms. The highest BCUT2D eigenvalue weighted by Crippen LogP contribution is 2.34. The molecule has 1 fully saturated rings. The van der Waals surface area contributed by atoms with Crippen molar-refractivity contribution >= 4 is 28.2 Å². The summed E-state index contributed by atoms with van der Waals surface area (Å²) in [4.78, 5) is 19.2. The van der Waals surface area contributed by atoms with Crippen LogP contribution in [0.3, 0.4) is 0 Å². The third kappa shape index (κ3) is 2.22. The van der Waals surface area contributed by atoms with E-state index >= 15 is 0 Å². The van der Waals surface area contributed by atoms with E-state index in [1.54, 1.807) is 17.5 Å². The first-order valence-corrected chi connectivity index (χ1v) is 8.31. The van der Waals surface area contributed by atoms with Crippen molar-refractivity contribution in [1.29, 1.82) is 0 Å². The minimum Gasteiger partial charge on any atom is -0.461 e. The van der Waals surface area contributed by atoms with Gasteiger partial charge in [0.05, 0.1) is 6.04 Å². The molecule has 22 heavy (non-hydrogen) atoms. The number of aryl methyl sites for hydroxylation is 1. The Morgan fingerprint density at radius 1 is 1.41 bits per heavy atom. The molecule has 1 atom stereocenters. The third-order valence-electron chi connectivity index (χ3n) is 4.14. The van der Waals surface area contributed by atoms with E-state index in [0.29, 0.717) is 0 Å². The Hall–Kier alpha value is -2.14. The highest BCUT2D eigenvalue weighted by molar-refractivity contribution is 7.09. The molecule has 3 heterocycles. The molecule has 112 valence electrons. The Balaban J connectivity index is 1.67. The standard InChI is InChI=1S/C17H16N2O2S/c1-11-9-13-10-12(4-5-15(13)21-11)17(20)19-7-2-3-14(19)16-18-6-8-22-16/h4-6,8-10,14H,2-3,7H2,1H3/t14-/m1/s1. The molecular weight excluding hydrogens is 296 g/mol. The third-order valence-corrected chi connectivity index (χ3v) is 5.01. The Morgan fingerprint density at radius 2 is 2.32 bits per heavy atom. The molecule has 1 aliphatic heterocycles. The van der Waals surface area contributed by atoms with Gasteiger partial charge in [-0.25, -0.2) is 4.98 Å². The molecule has 1 aliphatic rings. The van der Waals surface area contributed by atoms with Gasteiger partial charge in [0.2, 0.25) is 0 Å². The molecule has 0 unspecified atom stereocenters. The van der Waals surface area contributed by atoms with Crippen LogP contribution in [0.5, 0.6) is 0 Å². The van der Waals surface area contributed by atoms with E-state index in [1.165, 1.54) is 0 Å². The predicted octanol–water partition coefficient (Wildman–Crippen LogP) is 4.18. The first kappa shape index (κ1) is 13.5. The van der Waals surface area contributed by atoms with Gasteiger partial charge in [0, 0.05) is 29.1 Å². The molecular formula is C17H16N2O2S. The van der Waals surface area contributed by atoms with Gasteiger partial charge >= 0.3 is 0 Å². The number of aromatic nitrogens is 1. The molecule has 0 bridgehead atoms. The van der Waals surface area contributed by atoms with Crippen LogP contribution in [0.25, 0.3) is 11.0 Å². The highest BCUT2D eigenvalue weighted by Gasteiger charge is 2.32. The summed E-state index contributed by atoms with van der Waals surface area (Å²) in [6, 6.07) is 7.74. The van der Waals surface area contributed by atoms with Crippen LogP contribution >= 0.6 is 11.3 Å². The lowest BCUT2D eigenvalue weighted by molar-refractivity contribution is 0.0735. The first-order valence-electron chi connectivity index (χ1n) is 7.43. The number of hydrogen-bond donors (Lipinski definition) is 0. The summed E-state index contributed by atoms with van der Waals surface area (Å²) in [6.45, 7) is 2.71. The van der Waals surface area contributed by atoms with Crippen molar-refractivity contribution in [2.24, 2.45) is 0 Å². The zero-order valence-electron chi connectivity index (χ0n) is 12.3. The summed E-state index contributed by atoms with van der Waals surface area (Å²) in [6.07, 6.45) is 3.83. The number of thiazole rings is 1. The second kappa shape index (κ2) is 5.25. The zero-order valence-corrected chi connectivity index (χ0v) is 13.1. The Kier molecular flexibility index (Phi) is 3.22. The van der Waals surface area contributed by atoms with Crippen LogP contribution in [-0.2, 0) is 0 Å². The predicted molar refractivity (Wildman–Crippen MR) is 86.1 cm³/mol. The van der Waals surface area contributed by atoms with Crippen molar-refractivity contribution < 1.29 is 9.21 Å². The van der Waals surface area contributed by atoms with Crippen molar-refractivity contribution in [3.8, 4) is 0 Å². The Bertz CT molecular complexity index is 822. The SMILES string of the molecule is Cc1cc2cc(C(=O)N3CCC[C@@H]3c3nccs3)ccc2o1. The second-order valence-corrected chi connectivity index (χ2v) is 6.56. The van der Waals surface area contributed by atoms with Crippen molar-refractivity contribution in [3.63, 3.8) is 0 Å². The fraction of sp³-hybridized carbons (Fsp3) is 0.294. The maximum atomic E-state index is 12.9. The zero-order chi connectivity index (χ0) is 15.1. The molecule has 0 saturated carbocycles. The molecule has 0 N–H and O–H groups in total. The van der Waals surface area contributed by atoms with Gasteiger partial charge in [0.25, 0.3) is 5.91 Å². The lowest BCUT2D eigenvalue weighted by Crippen LogP contribution is -2.30. The normalized spacial score (nSPS) is 18.2. The van der Waals surface area contributed by atoms with Gasteiger partial charge in [0.1, 0.15) is 16.4 Å². The van der Waals surface area contributed by atoms with Crippen LogP contribution in [0.1, 0.15) is 40.0 Å². The molecule has 0 aliphatic carbocycles. The summed E-state index contributed by atoms with van der Waals surface area (Å²) in [5, 5.41) is 3.98. The van der Waals surface area contributed by atoms with E-state index in [4.69, 9.17) is 4.42 Å². The lowest BCUT2D eigenvalue weighted by atomic mass is 10.1. The Labute approximate surface area is 132 Å². The van der Waals surface area contributed by atoms with Gasteiger partial charge in [-0.1, -0.05) is 0 Å². The first-order chi connectivity index (χ1) is 10.7. The maximum absolute atomic E-state index is 12.9. The van der Waals surface area contributed by atoms with Gasteiger partial charge in [-0.15, -0.1) is 11.3 Å². The van der Waals surface area contributed by atoms with E-state index in [-0.39, 0.29) is 11.9 Å². The smallest absolute Gasteiger partial charge is 0.254 e. The van der Waals surface area contributed by atoms with Crippen molar-refractivity contribution in [3.05, 3.63) is 52.2 Å². The monoisotopic (exact) mass is 312 g/mol. The van der Waals surface area contributed by atoms with Gasteiger partial charge in [0.15, 0.2) is 0 Å². The molecule has 0 radical (unpaired) electrons. The van der Waals surface area contributed by atoms with Crippen LogP contribution < -0.4 is 0 Å². The molecule has 3 aromatic rings. The summed E-state index contributed by atoms with van der Waals surface area (Å²) in [5.41, 5.74) is 1.55. The Morgan fingerprint density at radius 3 is 3.14 bits per heavy atom. The quantitative estimate of drug-likeness (QED) is 0.713. The summed E-state index contributed by atoms with van der Waals surface area (Å²) in [5.74, 6) is 0.944. The number of likely N-dealkylation sites (tertiary alicyclic amines) is 1. The van der Waals surface area contributed by atoms with Crippen molar-refractivity contribution in [1.82, 2.24) is 9.88 Å². The molecule has 1 amide bonds. The van der Waals surface area contributed by atoms with Gasteiger partial charge < -0.3 is 9.32 Å². The maximum Gasteiger partial charge on any atom is 0.254 e.